The van der Waals surface area contributed by atoms with Crippen LogP contribution in [0.1, 0.15) is 25.7 Å². The van der Waals surface area contributed by atoms with Gasteiger partial charge in [0.15, 0.2) is 0 Å². The number of rotatable bonds is 2. The van der Waals surface area contributed by atoms with Crippen molar-refractivity contribution in [2.45, 2.75) is 31.8 Å². The van der Waals surface area contributed by atoms with Crippen molar-refractivity contribution in [2.24, 2.45) is 11.1 Å². The van der Waals surface area contributed by atoms with Gasteiger partial charge in [-0.05, 0) is 25.7 Å². The molecule has 74 valence electrons. The van der Waals surface area contributed by atoms with Gasteiger partial charge in [0, 0.05) is 0 Å². The first-order chi connectivity index (χ1) is 5.99. The molecular formula is C8H13NO4. The van der Waals surface area contributed by atoms with E-state index in [-0.39, 0.29) is 12.8 Å². The molecule has 1 aliphatic carbocycles. The van der Waals surface area contributed by atoms with E-state index in [4.69, 9.17) is 10.8 Å². The van der Waals surface area contributed by atoms with Gasteiger partial charge in [0.25, 0.3) is 0 Å². The van der Waals surface area contributed by atoms with E-state index in [2.05, 4.69) is 0 Å². The number of carbonyl (C=O) groups is 2. The van der Waals surface area contributed by atoms with Gasteiger partial charge in [-0.1, -0.05) is 0 Å². The minimum atomic E-state index is -1.54. The highest BCUT2D eigenvalue weighted by molar-refractivity contribution is 6.01. The first kappa shape index (κ1) is 9.98. The van der Waals surface area contributed by atoms with Gasteiger partial charge in [0.05, 0.1) is 6.10 Å². The van der Waals surface area contributed by atoms with Crippen molar-refractivity contribution >= 4 is 11.9 Å². The number of carbonyl (C=O) groups excluding carboxylic acids is 1. The molecule has 1 saturated carbocycles. The van der Waals surface area contributed by atoms with Gasteiger partial charge >= 0.3 is 5.97 Å². The molecule has 0 aromatic rings. The summed E-state index contributed by atoms with van der Waals surface area (Å²) in [5, 5.41) is 18.1. The maximum Gasteiger partial charge on any atom is 0.319 e. The highest BCUT2D eigenvalue weighted by Crippen LogP contribution is 2.36. The van der Waals surface area contributed by atoms with Gasteiger partial charge in [0.1, 0.15) is 5.41 Å². The van der Waals surface area contributed by atoms with E-state index in [0.717, 1.165) is 0 Å². The van der Waals surface area contributed by atoms with Crippen molar-refractivity contribution in [3.05, 3.63) is 0 Å². The Kier molecular flexibility index (Phi) is 2.56. The molecule has 0 heterocycles. The molecule has 5 heteroatoms. The third kappa shape index (κ3) is 1.65. The summed E-state index contributed by atoms with van der Waals surface area (Å²) < 4.78 is 0. The maximum absolute atomic E-state index is 11.0. The number of aliphatic hydroxyl groups is 1. The van der Waals surface area contributed by atoms with Crippen LogP contribution in [-0.4, -0.2) is 28.2 Å². The Morgan fingerprint density at radius 2 is 2.08 bits per heavy atom. The SMILES string of the molecule is NC(=O)C1(C(=O)O)CCCC(O)C1. The van der Waals surface area contributed by atoms with E-state index >= 15 is 0 Å². The van der Waals surface area contributed by atoms with Gasteiger partial charge < -0.3 is 15.9 Å². The molecule has 0 aromatic heterocycles. The average Bonchev–Trinajstić information content (AvgIpc) is 2.03. The summed E-state index contributed by atoms with van der Waals surface area (Å²) in [6, 6.07) is 0. The Morgan fingerprint density at radius 1 is 1.46 bits per heavy atom. The fourth-order valence-electron chi connectivity index (χ4n) is 1.77. The molecule has 2 unspecified atom stereocenters. The summed E-state index contributed by atoms with van der Waals surface area (Å²) >= 11 is 0. The Balaban J connectivity index is 2.90. The molecule has 0 bridgehead atoms. The van der Waals surface area contributed by atoms with Crippen molar-refractivity contribution in [1.82, 2.24) is 0 Å². The van der Waals surface area contributed by atoms with Crippen molar-refractivity contribution in [3.63, 3.8) is 0 Å². The highest BCUT2D eigenvalue weighted by atomic mass is 16.4. The van der Waals surface area contributed by atoms with E-state index in [9.17, 15) is 14.7 Å². The van der Waals surface area contributed by atoms with E-state index < -0.39 is 23.4 Å². The third-order valence-corrected chi connectivity index (χ3v) is 2.61. The second-order valence-electron chi connectivity index (χ2n) is 3.50. The summed E-state index contributed by atoms with van der Waals surface area (Å²) in [5.74, 6) is -2.07. The topological polar surface area (TPSA) is 101 Å². The predicted molar refractivity (Wildman–Crippen MR) is 43.7 cm³/mol. The molecule has 1 fully saturated rings. The molecule has 1 aliphatic rings. The standard InChI is InChI=1S/C8H13NO4/c9-6(11)8(7(12)13)3-1-2-5(10)4-8/h5,10H,1-4H2,(H2,9,11)(H,12,13). The van der Waals surface area contributed by atoms with Crippen LogP contribution < -0.4 is 5.73 Å². The van der Waals surface area contributed by atoms with Crippen molar-refractivity contribution in [3.8, 4) is 0 Å². The highest BCUT2D eigenvalue weighted by Gasteiger charge is 2.47. The first-order valence-electron chi connectivity index (χ1n) is 4.20. The summed E-state index contributed by atoms with van der Waals surface area (Å²) in [7, 11) is 0. The number of hydrogen-bond donors (Lipinski definition) is 3. The molecule has 0 saturated heterocycles. The molecular weight excluding hydrogens is 174 g/mol. The summed E-state index contributed by atoms with van der Waals surface area (Å²) in [5.41, 5.74) is 3.49. The fourth-order valence-corrected chi connectivity index (χ4v) is 1.77. The smallest absolute Gasteiger partial charge is 0.319 e. The van der Waals surface area contributed by atoms with Crippen LogP contribution in [0.3, 0.4) is 0 Å². The normalized spacial score (nSPS) is 34.1. The number of carboxylic acids is 1. The fraction of sp³-hybridized carbons (Fsp3) is 0.750. The van der Waals surface area contributed by atoms with Crippen LogP contribution in [0.2, 0.25) is 0 Å². The quantitative estimate of drug-likeness (QED) is 0.506. The van der Waals surface area contributed by atoms with Crippen LogP contribution in [-0.2, 0) is 9.59 Å². The molecule has 0 spiro atoms. The summed E-state index contributed by atoms with van der Waals surface area (Å²) in [6.07, 6.45) is 0.517. The second-order valence-corrected chi connectivity index (χ2v) is 3.50. The Morgan fingerprint density at radius 3 is 2.38 bits per heavy atom. The van der Waals surface area contributed by atoms with Crippen LogP contribution in [0.5, 0.6) is 0 Å². The number of nitrogens with two attached hydrogens (primary N) is 1. The molecule has 4 N–H and O–H groups in total. The van der Waals surface area contributed by atoms with Crippen LogP contribution in [0.4, 0.5) is 0 Å². The Hall–Kier alpha value is -1.10. The predicted octanol–water partition coefficient (Wildman–Crippen LogP) is -0.522. The van der Waals surface area contributed by atoms with Gasteiger partial charge in [-0.2, -0.15) is 0 Å². The largest absolute Gasteiger partial charge is 0.480 e. The third-order valence-electron chi connectivity index (χ3n) is 2.61. The molecule has 1 amide bonds. The lowest BCUT2D eigenvalue weighted by Gasteiger charge is -2.32. The second kappa shape index (κ2) is 3.33. The minimum absolute atomic E-state index is 0.0579. The molecule has 2 atom stereocenters. The Bertz CT molecular complexity index is 224. The number of aliphatic carboxylic acids is 1. The van der Waals surface area contributed by atoms with E-state index in [1.807, 2.05) is 0 Å². The lowest BCUT2D eigenvalue weighted by atomic mass is 9.72. The number of hydrogen-bond acceptors (Lipinski definition) is 3. The lowest BCUT2D eigenvalue weighted by molar-refractivity contribution is -0.159. The minimum Gasteiger partial charge on any atom is -0.480 e. The van der Waals surface area contributed by atoms with E-state index in [1.165, 1.54) is 0 Å². The van der Waals surface area contributed by atoms with Crippen LogP contribution in [0.15, 0.2) is 0 Å². The number of aliphatic hydroxyl groups excluding tert-OH is 1. The van der Waals surface area contributed by atoms with E-state index in [1.54, 1.807) is 0 Å². The molecule has 13 heavy (non-hydrogen) atoms. The zero-order chi connectivity index (χ0) is 10.1. The lowest BCUT2D eigenvalue weighted by Crippen LogP contribution is -2.48. The molecule has 0 aromatic carbocycles. The Labute approximate surface area is 75.5 Å². The average molecular weight is 187 g/mol. The van der Waals surface area contributed by atoms with E-state index in [0.29, 0.717) is 12.8 Å². The van der Waals surface area contributed by atoms with Gasteiger partial charge in [-0.3, -0.25) is 9.59 Å². The molecule has 0 radical (unpaired) electrons. The van der Waals surface area contributed by atoms with Gasteiger partial charge in [0.2, 0.25) is 5.91 Å². The first-order valence-corrected chi connectivity index (χ1v) is 4.20. The maximum atomic E-state index is 11.0. The molecule has 1 rings (SSSR count). The zero-order valence-corrected chi connectivity index (χ0v) is 7.19. The van der Waals surface area contributed by atoms with Crippen LogP contribution in [0, 0.1) is 5.41 Å². The number of primary amides is 1. The monoisotopic (exact) mass is 187 g/mol. The molecule has 0 aliphatic heterocycles. The summed E-state index contributed by atoms with van der Waals surface area (Å²) in [4.78, 5) is 21.8. The van der Waals surface area contributed by atoms with Crippen LogP contribution >= 0.6 is 0 Å². The zero-order valence-electron chi connectivity index (χ0n) is 7.19. The van der Waals surface area contributed by atoms with Crippen molar-refractivity contribution in [1.29, 1.82) is 0 Å². The van der Waals surface area contributed by atoms with Gasteiger partial charge in [-0.25, -0.2) is 0 Å². The van der Waals surface area contributed by atoms with Crippen molar-refractivity contribution < 1.29 is 19.8 Å². The van der Waals surface area contributed by atoms with Gasteiger partial charge in [-0.15, -0.1) is 0 Å². The molecule has 5 nitrogen and oxygen atoms in total. The van der Waals surface area contributed by atoms with Crippen molar-refractivity contribution in [2.75, 3.05) is 0 Å². The number of amides is 1. The van der Waals surface area contributed by atoms with Crippen LogP contribution in [0.25, 0.3) is 0 Å². The number of carboxylic acid groups (broad SMARTS) is 1. The summed E-state index contributed by atoms with van der Waals surface area (Å²) in [6.45, 7) is 0.